The highest BCUT2D eigenvalue weighted by Gasteiger charge is 2.20. The second-order valence-corrected chi connectivity index (χ2v) is 3.90. The molecule has 0 spiro atoms. The van der Waals surface area contributed by atoms with Crippen molar-refractivity contribution < 1.29 is 0 Å². The van der Waals surface area contributed by atoms with Gasteiger partial charge in [-0.25, -0.2) is 0 Å². The maximum absolute atomic E-state index is 2.46. The van der Waals surface area contributed by atoms with Crippen molar-refractivity contribution in [3.8, 4) is 0 Å². The van der Waals surface area contributed by atoms with E-state index in [1.165, 1.54) is 32.1 Å². The van der Waals surface area contributed by atoms with Gasteiger partial charge in [-0.15, -0.1) is 0 Å². The van der Waals surface area contributed by atoms with Crippen LogP contribution in [0, 0.1) is 5.92 Å². The molecule has 0 heteroatoms. The van der Waals surface area contributed by atoms with Gasteiger partial charge in [0.2, 0.25) is 0 Å². The van der Waals surface area contributed by atoms with Gasteiger partial charge in [0.1, 0.15) is 0 Å². The molecule has 2 aliphatic carbocycles. The number of rotatable bonds is 0. The van der Waals surface area contributed by atoms with Gasteiger partial charge in [0.05, 0.1) is 0 Å². The molecule has 2 aliphatic rings. The van der Waals surface area contributed by atoms with Gasteiger partial charge in [0.25, 0.3) is 0 Å². The van der Waals surface area contributed by atoms with Gasteiger partial charge in [-0.1, -0.05) is 19.1 Å². The van der Waals surface area contributed by atoms with Gasteiger partial charge in [-0.3, -0.25) is 0 Å². The summed E-state index contributed by atoms with van der Waals surface area (Å²) in [5.74, 6) is 0.908. The molecule has 0 bridgehead atoms. The van der Waals surface area contributed by atoms with Crippen molar-refractivity contribution in [2.75, 3.05) is 0 Å². The van der Waals surface area contributed by atoms with Crippen molar-refractivity contribution in [3.05, 3.63) is 23.3 Å². The van der Waals surface area contributed by atoms with Crippen LogP contribution >= 0.6 is 0 Å². The van der Waals surface area contributed by atoms with E-state index in [2.05, 4.69) is 19.1 Å². The summed E-state index contributed by atoms with van der Waals surface area (Å²) in [7, 11) is 0. The SMILES string of the molecule is CC1CC2=CCCCC=C2C1. The average molecular weight is 148 g/mol. The predicted molar refractivity (Wildman–Crippen MR) is 48.4 cm³/mol. The molecule has 0 aromatic heterocycles. The van der Waals surface area contributed by atoms with Gasteiger partial charge in [-0.05, 0) is 49.2 Å². The van der Waals surface area contributed by atoms with E-state index in [0.717, 1.165) is 5.92 Å². The van der Waals surface area contributed by atoms with Gasteiger partial charge < -0.3 is 0 Å². The van der Waals surface area contributed by atoms with Crippen molar-refractivity contribution in [2.24, 2.45) is 5.92 Å². The summed E-state index contributed by atoms with van der Waals surface area (Å²) < 4.78 is 0. The van der Waals surface area contributed by atoms with Gasteiger partial charge >= 0.3 is 0 Å². The summed E-state index contributed by atoms with van der Waals surface area (Å²) in [5, 5.41) is 0. The molecule has 0 atom stereocenters. The molecule has 1 saturated carbocycles. The normalized spacial score (nSPS) is 25.5. The lowest BCUT2D eigenvalue weighted by Gasteiger charge is -1.94. The minimum Gasteiger partial charge on any atom is -0.0810 e. The van der Waals surface area contributed by atoms with Crippen LogP contribution in [0.2, 0.25) is 0 Å². The zero-order valence-corrected chi connectivity index (χ0v) is 7.27. The fraction of sp³-hybridized carbons (Fsp3) is 0.636. The fourth-order valence-corrected chi connectivity index (χ4v) is 2.18. The molecule has 0 amide bonds. The van der Waals surface area contributed by atoms with Crippen molar-refractivity contribution >= 4 is 0 Å². The van der Waals surface area contributed by atoms with E-state index in [1.54, 1.807) is 11.1 Å². The Hall–Kier alpha value is -0.520. The predicted octanol–water partition coefficient (Wildman–Crippen LogP) is 3.45. The van der Waals surface area contributed by atoms with Crippen LogP contribution in [0.3, 0.4) is 0 Å². The van der Waals surface area contributed by atoms with Crippen molar-refractivity contribution in [3.63, 3.8) is 0 Å². The van der Waals surface area contributed by atoms with Crippen LogP contribution in [0.25, 0.3) is 0 Å². The highest BCUT2D eigenvalue weighted by atomic mass is 14.3. The Balaban J connectivity index is 2.23. The molecule has 0 N–H and O–H groups in total. The third kappa shape index (κ3) is 1.40. The summed E-state index contributed by atoms with van der Waals surface area (Å²) in [6.45, 7) is 2.36. The van der Waals surface area contributed by atoms with E-state index >= 15 is 0 Å². The maximum atomic E-state index is 2.46. The van der Waals surface area contributed by atoms with Crippen LogP contribution in [0.4, 0.5) is 0 Å². The van der Waals surface area contributed by atoms with Crippen molar-refractivity contribution in [2.45, 2.75) is 39.0 Å². The number of allylic oxidation sites excluding steroid dienone is 4. The van der Waals surface area contributed by atoms with E-state index in [-0.39, 0.29) is 0 Å². The molecule has 0 unspecified atom stereocenters. The zero-order valence-electron chi connectivity index (χ0n) is 7.27. The molecule has 2 rings (SSSR count). The van der Waals surface area contributed by atoms with Gasteiger partial charge in [0.15, 0.2) is 0 Å². The quantitative estimate of drug-likeness (QED) is 0.493. The molecular formula is C11H16. The van der Waals surface area contributed by atoms with Crippen LogP contribution in [0.1, 0.15) is 39.0 Å². The molecule has 0 aromatic carbocycles. The summed E-state index contributed by atoms with van der Waals surface area (Å²) >= 11 is 0. The summed E-state index contributed by atoms with van der Waals surface area (Å²) in [4.78, 5) is 0. The largest absolute Gasteiger partial charge is 0.0810 e. The lowest BCUT2D eigenvalue weighted by molar-refractivity contribution is 0.637. The Labute approximate surface area is 69.0 Å². The molecule has 0 saturated heterocycles. The molecule has 0 aliphatic heterocycles. The number of fused-ring (bicyclic) bond motifs is 1. The van der Waals surface area contributed by atoms with Crippen molar-refractivity contribution in [1.82, 2.24) is 0 Å². The third-order valence-electron chi connectivity index (χ3n) is 2.74. The van der Waals surface area contributed by atoms with Crippen LogP contribution in [-0.4, -0.2) is 0 Å². The Morgan fingerprint density at radius 2 is 1.64 bits per heavy atom. The highest BCUT2D eigenvalue weighted by Crippen LogP contribution is 2.37. The molecule has 0 aromatic rings. The second kappa shape index (κ2) is 2.84. The lowest BCUT2D eigenvalue weighted by atomic mass is 10.1. The van der Waals surface area contributed by atoms with E-state index in [9.17, 15) is 0 Å². The molecule has 0 radical (unpaired) electrons. The summed E-state index contributed by atoms with van der Waals surface area (Å²) in [6, 6.07) is 0. The Morgan fingerprint density at radius 3 is 2.18 bits per heavy atom. The maximum Gasteiger partial charge on any atom is -0.0250 e. The summed E-state index contributed by atoms with van der Waals surface area (Å²) in [5.41, 5.74) is 3.32. The van der Waals surface area contributed by atoms with E-state index < -0.39 is 0 Å². The van der Waals surface area contributed by atoms with E-state index in [4.69, 9.17) is 0 Å². The minimum atomic E-state index is 0.908. The van der Waals surface area contributed by atoms with Crippen molar-refractivity contribution in [1.29, 1.82) is 0 Å². The first-order chi connectivity index (χ1) is 5.36. The monoisotopic (exact) mass is 148 g/mol. The Morgan fingerprint density at radius 1 is 1.09 bits per heavy atom. The topological polar surface area (TPSA) is 0 Å². The first kappa shape index (κ1) is 7.15. The van der Waals surface area contributed by atoms with Gasteiger partial charge in [0, 0.05) is 0 Å². The Bertz CT molecular complexity index is 186. The zero-order chi connectivity index (χ0) is 7.68. The van der Waals surface area contributed by atoms with Gasteiger partial charge in [-0.2, -0.15) is 0 Å². The number of hydrogen-bond donors (Lipinski definition) is 0. The molecule has 0 heterocycles. The molecule has 60 valence electrons. The molecule has 11 heavy (non-hydrogen) atoms. The minimum absolute atomic E-state index is 0.908. The van der Waals surface area contributed by atoms with Crippen LogP contribution in [-0.2, 0) is 0 Å². The van der Waals surface area contributed by atoms with Crippen LogP contribution < -0.4 is 0 Å². The highest BCUT2D eigenvalue weighted by molar-refractivity contribution is 5.36. The first-order valence-electron chi connectivity index (χ1n) is 4.74. The second-order valence-electron chi connectivity index (χ2n) is 3.90. The number of hydrogen-bond acceptors (Lipinski definition) is 0. The van der Waals surface area contributed by atoms with Crippen LogP contribution in [0.5, 0.6) is 0 Å². The lowest BCUT2D eigenvalue weighted by Crippen LogP contribution is -1.81. The Kier molecular flexibility index (Phi) is 1.85. The third-order valence-corrected chi connectivity index (χ3v) is 2.74. The smallest absolute Gasteiger partial charge is 0.0250 e. The van der Waals surface area contributed by atoms with Crippen LogP contribution in [0.15, 0.2) is 23.3 Å². The average Bonchev–Trinajstić information content (AvgIpc) is 2.17. The molecule has 1 fully saturated rings. The molecular weight excluding hydrogens is 132 g/mol. The van der Waals surface area contributed by atoms with E-state index in [1.807, 2.05) is 0 Å². The fourth-order valence-electron chi connectivity index (χ4n) is 2.18. The summed E-state index contributed by atoms with van der Waals surface area (Å²) in [6.07, 6.45) is 11.6. The standard InChI is InChI=1S/C11H16/c1-9-7-10-5-3-2-4-6-11(10)8-9/h5-6,9H,2-4,7-8H2,1H3. The first-order valence-corrected chi connectivity index (χ1v) is 4.74. The van der Waals surface area contributed by atoms with E-state index in [0.29, 0.717) is 0 Å². The molecule has 0 nitrogen and oxygen atoms in total.